The average molecular weight is 304 g/mol. The number of phenolic OH excluding ortho intramolecular Hbond substituents is 1. The first-order valence-corrected chi connectivity index (χ1v) is 4.98. The van der Waals surface area contributed by atoms with Crippen LogP contribution in [0, 0.1) is 10.5 Å². The number of carboxylic acids is 1. The molecule has 0 aliphatic heterocycles. The van der Waals surface area contributed by atoms with E-state index in [9.17, 15) is 9.90 Å². The van der Waals surface area contributed by atoms with Crippen molar-refractivity contribution in [3.63, 3.8) is 0 Å². The lowest BCUT2D eigenvalue weighted by molar-refractivity contribution is -0.131. The number of aryl methyl sites for hydroxylation is 1. The predicted octanol–water partition coefficient (Wildman–Crippen LogP) is 2.40. The third-order valence-electron chi connectivity index (χ3n) is 1.70. The molecular formula is C10H9IO3. The van der Waals surface area contributed by atoms with Crippen molar-refractivity contribution in [2.75, 3.05) is 0 Å². The second kappa shape index (κ2) is 4.45. The molecule has 1 aromatic carbocycles. The third kappa shape index (κ3) is 2.73. The van der Waals surface area contributed by atoms with E-state index in [1.807, 2.05) is 6.07 Å². The number of carboxylic acid groups (broad SMARTS) is 1. The van der Waals surface area contributed by atoms with Gasteiger partial charge < -0.3 is 10.2 Å². The van der Waals surface area contributed by atoms with Crippen LogP contribution in [-0.2, 0) is 4.79 Å². The summed E-state index contributed by atoms with van der Waals surface area (Å²) >= 11 is 2.11. The number of phenols is 1. The van der Waals surface area contributed by atoms with Gasteiger partial charge in [0.1, 0.15) is 5.75 Å². The van der Waals surface area contributed by atoms with Crippen LogP contribution in [0.1, 0.15) is 11.1 Å². The number of aromatic hydroxyl groups is 1. The first kappa shape index (κ1) is 11.0. The molecule has 0 bridgehead atoms. The van der Waals surface area contributed by atoms with E-state index in [-0.39, 0.29) is 5.75 Å². The highest BCUT2D eigenvalue weighted by molar-refractivity contribution is 14.1. The topological polar surface area (TPSA) is 57.5 Å². The average Bonchev–Trinajstić information content (AvgIpc) is 2.08. The van der Waals surface area contributed by atoms with Crippen LogP contribution in [0.2, 0.25) is 0 Å². The summed E-state index contributed by atoms with van der Waals surface area (Å²) in [5, 5.41) is 18.0. The molecule has 0 atom stereocenters. The number of hydrogen-bond acceptors (Lipinski definition) is 2. The summed E-state index contributed by atoms with van der Waals surface area (Å²) in [5.74, 6) is -0.899. The minimum Gasteiger partial charge on any atom is -0.507 e. The van der Waals surface area contributed by atoms with Gasteiger partial charge >= 0.3 is 5.97 Å². The molecule has 0 saturated heterocycles. The van der Waals surface area contributed by atoms with Crippen molar-refractivity contribution in [1.29, 1.82) is 0 Å². The summed E-state index contributed by atoms with van der Waals surface area (Å²) in [6.45, 7) is 1.77. The minimum absolute atomic E-state index is 0.128. The SMILES string of the molecule is Cc1cc(I)cc(/C=C/C(=O)O)c1O. The van der Waals surface area contributed by atoms with Gasteiger partial charge in [0, 0.05) is 15.2 Å². The maximum absolute atomic E-state index is 10.3. The van der Waals surface area contributed by atoms with Crippen molar-refractivity contribution < 1.29 is 15.0 Å². The maximum atomic E-state index is 10.3. The lowest BCUT2D eigenvalue weighted by atomic mass is 10.1. The van der Waals surface area contributed by atoms with Gasteiger partial charge in [0.25, 0.3) is 0 Å². The zero-order valence-electron chi connectivity index (χ0n) is 7.49. The predicted molar refractivity (Wildman–Crippen MR) is 62.2 cm³/mol. The molecule has 0 heterocycles. The molecular weight excluding hydrogens is 295 g/mol. The van der Waals surface area contributed by atoms with Crippen molar-refractivity contribution >= 4 is 34.6 Å². The second-order valence-electron chi connectivity index (χ2n) is 2.83. The number of halogens is 1. The van der Waals surface area contributed by atoms with E-state index in [2.05, 4.69) is 22.6 Å². The Kier molecular flexibility index (Phi) is 3.51. The van der Waals surface area contributed by atoms with Crippen molar-refractivity contribution in [1.82, 2.24) is 0 Å². The largest absolute Gasteiger partial charge is 0.507 e. The van der Waals surface area contributed by atoms with Gasteiger partial charge in [-0.15, -0.1) is 0 Å². The standard InChI is InChI=1S/C10H9IO3/c1-6-4-8(11)5-7(10(6)14)2-3-9(12)13/h2-5,14H,1H3,(H,12,13)/b3-2+. The number of carbonyl (C=O) groups is 1. The summed E-state index contributed by atoms with van der Waals surface area (Å²) in [5.41, 5.74) is 1.26. The van der Waals surface area contributed by atoms with E-state index in [4.69, 9.17) is 5.11 Å². The molecule has 0 aromatic heterocycles. The van der Waals surface area contributed by atoms with Crippen molar-refractivity contribution in [3.05, 3.63) is 32.9 Å². The Labute approximate surface area is 95.2 Å². The van der Waals surface area contributed by atoms with Crippen molar-refractivity contribution in [3.8, 4) is 5.75 Å². The molecule has 4 heteroatoms. The first-order chi connectivity index (χ1) is 6.50. The number of aliphatic carboxylic acids is 1. The Morgan fingerprint density at radius 2 is 2.14 bits per heavy atom. The van der Waals surface area contributed by atoms with Crippen LogP contribution in [0.15, 0.2) is 18.2 Å². The summed E-state index contributed by atoms with van der Waals surface area (Å²) < 4.78 is 0.961. The van der Waals surface area contributed by atoms with Gasteiger partial charge in [-0.1, -0.05) is 0 Å². The van der Waals surface area contributed by atoms with Crippen LogP contribution >= 0.6 is 22.6 Å². The highest BCUT2D eigenvalue weighted by Gasteiger charge is 2.03. The van der Waals surface area contributed by atoms with Crippen LogP contribution < -0.4 is 0 Å². The molecule has 0 aliphatic carbocycles. The van der Waals surface area contributed by atoms with Gasteiger partial charge in [0.2, 0.25) is 0 Å². The summed E-state index contributed by atoms with van der Waals surface area (Å²) in [6.07, 6.45) is 2.39. The highest BCUT2D eigenvalue weighted by Crippen LogP contribution is 2.25. The minimum atomic E-state index is -1.03. The highest BCUT2D eigenvalue weighted by atomic mass is 127. The number of rotatable bonds is 2. The maximum Gasteiger partial charge on any atom is 0.328 e. The smallest absolute Gasteiger partial charge is 0.328 e. The molecule has 0 aliphatic rings. The van der Waals surface area contributed by atoms with Gasteiger partial charge in [-0.2, -0.15) is 0 Å². The van der Waals surface area contributed by atoms with Crippen LogP contribution in [0.4, 0.5) is 0 Å². The van der Waals surface area contributed by atoms with Gasteiger partial charge in [0.05, 0.1) is 0 Å². The van der Waals surface area contributed by atoms with Crippen LogP contribution in [0.25, 0.3) is 6.08 Å². The molecule has 0 amide bonds. The van der Waals surface area contributed by atoms with Crippen LogP contribution in [0.5, 0.6) is 5.75 Å². The zero-order valence-corrected chi connectivity index (χ0v) is 9.65. The molecule has 3 nitrogen and oxygen atoms in total. The summed E-state index contributed by atoms with van der Waals surface area (Å²) in [7, 11) is 0. The monoisotopic (exact) mass is 304 g/mol. The Balaban J connectivity index is 3.14. The van der Waals surface area contributed by atoms with E-state index in [0.717, 1.165) is 15.2 Å². The molecule has 0 radical (unpaired) electrons. The van der Waals surface area contributed by atoms with Crippen LogP contribution in [-0.4, -0.2) is 16.2 Å². The van der Waals surface area contributed by atoms with E-state index in [0.29, 0.717) is 5.56 Å². The fourth-order valence-electron chi connectivity index (χ4n) is 1.05. The molecule has 0 fully saturated rings. The second-order valence-corrected chi connectivity index (χ2v) is 4.08. The fraction of sp³-hybridized carbons (Fsp3) is 0.100. The van der Waals surface area contributed by atoms with Gasteiger partial charge in [-0.05, 0) is 53.3 Å². The Morgan fingerprint density at radius 3 is 2.71 bits per heavy atom. The first-order valence-electron chi connectivity index (χ1n) is 3.91. The quantitative estimate of drug-likeness (QED) is 0.651. The Morgan fingerprint density at radius 1 is 1.50 bits per heavy atom. The van der Waals surface area contributed by atoms with E-state index in [1.54, 1.807) is 13.0 Å². The summed E-state index contributed by atoms with van der Waals surface area (Å²) in [6, 6.07) is 3.55. The molecule has 0 saturated carbocycles. The van der Waals surface area contributed by atoms with E-state index < -0.39 is 5.97 Å². The number of benzene rings is 1. The van der Waals surface area contributed by atoms with E-state index >= 15 is 0 Å². The Bertz CT molecular complexity index is 397. The van der Waals surface area contributed by atoms with Gasteiger partial charge in [-0.3, -0.25) is 0 Å². The lowest BCUT2D eigenvalue weighted by Crippen LogP contribution is -1.87. The van der Waals surface area contributed by atoms with Crippen LogP contribution in [0.3, 0.4) is 0 Å². The van der Waals surface area contributed by atoms with E-state index in [1.165, 1.54) is 6.08 Å². The summed E-state index contributed by atoms with van der Waals surface area (Å²) in [4.78, 5) is 10.3. The molecule has 1 aromatic rings. The molecule has 0 unspecified atom stereocenters. The molecule has 74 valence electrons. The molecule has 14 heavy (non-hydrogen) atoms. The molecule has 0 spiro atoms. The fourth-order valence-corrected chi connectivity index (χ4v) is 1.85. The molecule has 2 N–H and O–H groups in total. The Hall–Kier alpha value is -1.04. The van der Waals surface area contributed by atoms with Crippen molar-refractivity contribution in [2.24, 2.45) is 0 Å². The third-order valence-corrected chi connectivity index (χ3v) is 2.32. The van der Waals surface area contributed by atoms with Crippen molar-refractivity contribution in [2.45, 2.75) is 6.92 Å². The van der Waals surface area contributed by atoms with Gasteiger partial charge in [0.15, 0.2) is 0 Å². The normalized spacial score (nSPS) is 10.7. The zero-order chi connectivity index (χ0) is 10.7. The van der Waals surface area contributed by atoms with Gasteiger partial charge in [-0.25, -0.2) is 4.79 Å². The number of hydrogen-bond donors (Lipinski definition) is 2. The molecule has 1 rings (SSSR count). The lowest BCUT2D eigenvalue weighted by Gasteiger charge is -2.03.